The summed E-state index contributed by atoms with van der Waals surface area (Å²) in [5.41, 5.74) is 6.92. The molecule has 3 N–H and O–H groups in total. The lowest BCUT2D eigenvalue weighted by molar-refractivity contribution is -0.118. The molecule has 1 aromatic heterocycles. The number of imidazole rings is 1. The van der Waals surface area contributed by atoms with Crippen molar-refractivity contribution < 1.29 is 14.7 Å². The second-order valence-electron chi connectivity index (χ2n) is 5.52. The third-order valence-electron chi connectivity index (χ3n) is 3.42. The minimum Gasteiger partial charge on any atom is -0.478 e. The SMILES string of the molecule is CC(C)c1nc2cc(C(=O)O)ccc2n1C(C)CC(N)=O. The summed E-state index contributed by atoms with van der Waals surface area (Å²) in [4.78, 5) is 26.8. The molecular weight excluding hydrogens is 270 g/mol. The molecule has 0 aliphatic carbocycles. The Kier molecular flexibility index (Phi) is 3.97. The van der Waals surface area contributed by atoms with E-state index >= 15 is 0 Å². The van der Waals surface area contributed by atoms with Gasteiger partial charge < -0.3 is 15.4 Å². The van der Waals surface area contributed by atoms with E-state index in [1.807, 2.05) is 25.3 Å². The number of carboxylic acid groups (broad SMARTS) is 1. The van der Waals surface area contributed by atoms with Crippen molar-refractivity contribution in [3.05, 3.63) is 29.6 Å². The molecule has 21 heavy (non-hydrogen) atoms. The molecule has 1 atom stereocenters. The number of carbonyl (C=O) groups excluding carboxylic acids is 1. The number of aromatic nitrogens is 2. The molecule has 6 heteroatoms. The highest BCUT2D eigenvalue weighted by atomic mass is 16.4. The van der Waals surface area contributed by atoms with Crippen LogP contribution in [0.1, 0.15) is 55.3 Å². The van der Waals surface area contributed by atoms with Crippen LogP contribution < -0.4 is 5.73 Å². The number of fused-ring (bicyclic) bond motifs is 1. The normalized spacial score (nSPS) is 12.8. The van der Waals surface area contributed by atoms with Crippen LogP contribution in [-0.2, 0) is 4.79 Å². The number of nitrogens with two attached hydrogens (primary N) is 1. The van der Waals surface area contributed by atoms with E-state index in [1.165, 1.54) is 0 Å². The third-order valence-corrected chi connectivity index (χ3v) is 3.42. The Morgan fingerprint density at radius 2 is 2.00 bits per heavy atom. The molecule has 112 valence electrons. The molecular formula is C15H19N3O3. The molecule has 0 spiro atoms. The van der Waals surface area contributed by atoms with Gasteiger partial charge in [0.2, 0.25) is 5.91 Å². The number of hydrogen-bond donors (Lipinski definition) is 2. The lowest BCUT2D eigenvalue weighted by Crippen LogP contribution is -2.19. The number of carboxylic acids is 1. The van der Waals surface area contributed by atoms with Crippen LogP contribution in [-0.4, -0.2) is 26.5 Å². The fourth-order valence-electron chi connectivity index (χ4n) is 2.50. The smallest absolute Gasteiger partial charge is 0.335 e. The second kappa shape index (κ2) is 5.55. The van der Waals surface area contributed by atoms with Gasteiger partial charge in [-0.3, -0.25) is 4.79 Å². The summed E-state index contributed by atoms with van der Waals surface area (Å²) in [6.07, 6.45) is 0.214. The van der Waals surface area contributed by atoms with Gasteiger partial charge in [-0.25, -0.2) is 9.78 Å². The Labute approximate surface area is 122 Å². The van der Waals surface area contributed by atoms with Crippen molar-refractivity contribution in [2.45, 2.75) is 39.2 Å². The van der Waals surface area contributed by atoms with Crippen LogP contribution in [0.5, 0.6) is 0 Å². The highest BCUT2D eigenvalue weighted by molar-refractivity contribution is 5.92. The zero-order valence-electron chi connectivity index (χ0n) is 12.3. The molecule has 1 aromatic carbocycles. The molecule has 2 rings (SSSR count). The van der Waals surface area contributed by atoms with E-state index in [1.54, 1.807) is 18.2 Å². The molecule has 2 aromatic rings. The molecule has 0 saturated carbocycles. The molecule has 1 amide bonds. The fraction of sp³-hybridized carbons (Fsp3) is 0.400. The van der Waals surface area contributed by atoms with Crippen LogP contribution in [0, 0.1) is 0 Å². The molecule has 0 saturated heterocycles. The average Bonchev–Trinajstić information content (AvgIpc) is 2.76. The Morgan fingerprint density at radius 3 is 2.52 bits per heavy atom. The second-order valence-corrected chi connectivity index (χ2v) is 5.52. The number of amides is 1. The summed E-state index contributed by atoms with van der Waals surface area (Å²) in [7, 11) is 0. The first kappa shape index (κ1) is 15.0. The zero-order valence-corrected chi connectivity index (χ0v) is 12.3. The van der Waals surface area contributed by atoms with E-state index in [2.05, 4.69) is 4.98 Å². The monoisotopic (exact) mass is 289 g/mol. The van der Waals surface area contributed by atoms with Gasteiger partial charge in [0.05, 0.1) is 16.6 Å². The largest absolute Gasteiger partial charge is 0.478 e. The van der Waals surface area contributed by atoms with E-state index in [4.69, 9.17) is 10.8 Å². The van der Waals surface area contributed by atoms with E-state index < -0.39 is 5.97 Å². The van der Waals surface area contributed by atoms with Gasteiger partial charge in [-0.1, -0.05) is 13.8 Å². The lowest BCUT2D eigenvalue weighted by Gasteiger charge is -2.18. The molecule has 0 fully saturated rings. The van der Waals surface area contributed by atoms with Gasteiger partial charge in [0.1, 0.15) is 5.82 Å². The summed E-state index contributed by atoms with van der Waals surface area (Å²) in [6.45, 7) is 5.92. The first-order chi connectivity index (χ1) is 9.81. The van der Waals surface area contributed by atoms with Gasteiger partial charge in [0, 0.05) is 18.4 Å². The van der Waals surface area contributed by atoms with Crippen LogP contribution in [0.15, 0.2) is 18.2 Å². The predicted octanol–water partition coefficient (Wildman–Crippen LogP) is 2.29. The summed E-state index contributed by atoms with van der Waals surface area (Å²) < 4.78 is 1.97. The maximum absolute atomic E-state index is 11.2. The summed E-state index contributed by atoms with van der Waals surface area (Å²) in [5, 5.41) is 9.06. The maximum atomic E-state index is 11.2. The standard InChI is InChI=1S/C15H19N3O3/c1-8(2)14-17-11-7-10(15(20)21)4-5-12(11)18(14)9(3)6-13(16)19/h4-5,7-9H,6H2,1-3H3,(H2,16,19)(H,20,21). The van der Waals surface area contributed by atoms with Gasteiger partial charge in [0.15, 0.2) is 0 Å². The number of primary amides is 1. The number of hydrogen-bond acceptors (Lipinski definition) is 3. The maximum Gasteiger partial charge on any atom is 0.335 e. The highest BCUT2D eigenvalue weighted by Gasteiger charge is 2.20. The molecule has 0 radical (unpaired) electrons. The fourth-order valence-corrected chi connectivity index (χ4v) is 2.50. The van der Waals surface area contributed by atoms with Crippen molar-refractivity contribution in [2.24, 2.45) is 5.73 Å². The average molecular weight is 289 g/mol. The zero-order chi connectivity index (χ0) is 15.7. The van der Waals surface area contributed by atoms with Gasteiger partial charge in [-0.15, -0.1) is 0 Å². The van der Waals surface area contributed by atoms with Crippen molar-refractivity contribution >= 4 is 22.9 Å². The Bertz CT molecular complexity index is 703. The van der Waals surface area contributed by atoms with E-state index in [0.717, 1.165) is 11.3 Å². The molecule has 0 aliphatic rings. The van der Waals surface area contributed by atoms with Crippen molar-refractivity contribution in [3.63, 3.8) is 0 Å². The molecule has 1 heterocycles. The van der Waals surface area contributed by atoms with Crippen molar-refractivity contribution in [2.75, 3.05) is 0 Å². The molecule has 0 bridgehead atoms. The Hall–Kier alpha value is -2.37. The van der Waals surface area contributed by atoms with E-state index in [9.17, 15) is 9.59 Å². The quantitative estimate of drug-likeness (QED) is 0.882. The summed E-state index contributed by atoms with van der Waals surface area (Å²) in [5.74, 6) is -0.383. The predicted molar refractivity (Wildman–Crippen MR) is 79.3 cm³/mol. The molecule has 0 aliphatic heterocycles. The third kappa shape index (κ3) is 2.89. The lowest BCUT2D eigenvalue weighted by atomic mass is 10.1. The molecule has 6 nitrogen and oxygen atoms in total. The molecule has 1 unspecified atom stereocenters. The van der Waals surface area contributed by atoms with Crippen LogP contribution in [0.3, 0.4) is 0 Å². The topological polar surface area (TPSA) is 98.2 Å². The van der Waals surface area contributed by atoms with Gasteiger partial charge >= 0.3 is 5.97 Å². The summed E-state index contributed by atoms with van der Waals surface area (Å²) >= 11 is 0. The summed E-state index contributed by atoms with van der Waals surface area (Å²) in [6, 6.07) is 4.71. The van der Waals surface area contributed by atoms with Crippen molar-refractivity contribution in [1.29, 1.82) is 0 Å². The van der Waals surface area contributed by atoms with Crippen LogP contribution in [0.2, 0.25) is 0 Å². The van der Waals surface area contributed by atoms with Crippen LogP contribution in [0.25, 0.3) is 11.0 Å². The minimum absolute atomic E-state index is 0.124. The number of nitrogens with zero attached hydrogens (tertiary/aromatic N) is 2. The Balaban J connectivity index is 2.63. The van der Waals surface area contributed by atoms with Crippen LogP contribution >= 0.6 is 0 Å². The number of rotatable bonds is 5. The van der Waals surface area contributed by atoms with Crippen molar-refractivity contribution in [3.8, 4) is 0 Å². The van der Waals surface area contributed by atoms with Crippen molar-refractivity contribution in [1.82, 2.24) is 9.55 Å². The van der Waals surface area contributed by atoms with Gasteiger partial charge in [0.25, 0.3) is 0 Å². The Morgan fingerprint density at radius 1 is 1.33 bits per heavy atom. The van der Waals surface area contributed by atoms with E-state index in [0.29, 0.717) is 5.52 Å². The first-order valence-electron chi connectivity index (χ1n) is 6.84. The number of carbonyl (C=O) groups is 2. The highest BCUT2D eigenvalue weighted by Crippen LogP contribution is 2.28. The minimum atomic E-state index is -0.984. The first-order valence-corrected chi connectivity index (χ1v) is 6.84. The number of benzene rings is 1. The van der Waals surface area contributed by atoms with Crippen LogP contribution in [0.4, 0.5) is 0 Å². The number of aromatic carboxylic acids is 1. The van der Waals surface area contributed by atoms with E-state index in [-0.39, 0.29) is 29.9 Å². The van der Waals surface area contributed by atoms with Gasteiger partial charge in [-0.2, -0.15) is 0 Å². The van der Waals surface area contributed by atoms with Gasteiger partial charge in [-0.05, 0) is 25.1 Å².